The summed E-state index contributed by atoms with van der Waals surface area (Å²) in [6.45, 7) is 4.32. The van der Waals surface area contributed by atoms with Crippen LogP contribution in [0.25, 0.3) is 0 Å². The van der Waals surface area contributed by atoms with E-state index in [1.807, 2.05) is 18.2 Å². The predicted molar refractivity (Wildman–Crippen MR) is 81.7 cm³/mol. The number of rotatable bonds is 6. The molecule has 1 spiro atoms. The maximum Gasteiger partial charge on any atom is 0.214 e. The molecule has 0 N–H and O–H groups in total. The molecule has 2 aliphatic heterocycles. The van der Waals surface area contributed by atoms with Gasteiger partial charge in [0.2, 0.25) is 10.0 Å². The Hall–Kier alpha value is -1.02. The van der Waals surface area contributed by atoms with Gasteiger partial charge in [0.15, 0.2) is 0 Å². The highest BCUT2D eigenvalue weighted by molar-refractivity contribution is 7.89. The van der Waals surface area contributed by atoms with Crippen LogP contribution in [0.15, 0.2) is 24.4 Å². The van der Waals surface area contributed by atoms with Crippen molar-refractivity contribution in [1.82, 2.24) is 9.29 Å². The van der Waals surface area contributed by atoms with Crippen LogP contribution in [0, 0.1) is 5.92 Å². The van der Waals surface area contributed by atoms with Gasteiger partial charge in [0, 0.05) is 31.8 Å². The van der Waals surface area contributed by atoms with E-state index >= 15 is 0 Å². The summed E-state index contributed by atoms with van der Waals surface area (Å²) in [6, 6.07) is 5.74. The summed E-state index contributed by atoms with van der Waals surface area (Å²) in [5.41, 5.74) is 0.561. The third-order valence-electron chi connectivity index (χ3n) is 4.54. The largest absolute Gasteiger partial charge is 0.375 e. The van der Waals surface area contributed by atoms with Gasteiger partial charge in [-0.1, -0.05) is 6.07 Å². The second kappa shape index (κ2) is 6.23. The molecule has 1 aromatic heterocycles. The van der Waals surface area contributed by atoms with Gasteiger partial charge in [-0.2, -0.15) is 4.31 Å². The number of sulfonamides is 1. The minimum atomic E-state index is -3.11. The summed E-state index contributed by atoms with van der Waals surface area (Å²) < 4.78 is 36.9. The quantitative estimate of drug-likeness (QED) is 0.781. The molecule has 0 saturated carbocycles. The summed E-state index contributed by atoms with van der Waals surface area (Å²) in [4.78, 5) is 4.22. The lowest BCUT2D eigenvalue weighted by molar-refractivity contribution is -0.115. The van der Waals surface area contributed by atoms with Crippen molar-refractivity contribution in [3.63, 3.8) is 0 Å². The Morgan fingerprint density at radius 2 is 2.27 bits per heavy atom. The van der Waals surface area contributed by atoms with E-state index in [1.54, 1.807) is 13.1 Å². The van der Waals surface area contributed by atoms with E-state index in [-0.39, 0.29) is 17.3 Å². The number of hydrogen-bond acceptors (Lipinski definition) is 5. The van der Waals surface area contributed by atoms with Crippen molar-refractivity contribution in [3.8, 4) is 0 Å². The molecule has 3 rings (SSSR count). The average molecular weight is 326 g/mol. The Morgan fingerprint density at radius 1 is 1.45 bits per heavy atom. The molecule has 1 aromatic rings. The van der Waals surface area contributed by atoms with E-state index in [2.05, 4.69) is 4.98 Å². The van der Waals surface area contributed by atoms with Gasteiger partial charge in [0.1, 0.15) is 5.60 Å². The first-order chi connectivity index (χ1) is 10.6. The lowest BCUT2D eigenvalue weighted by Gasteiger charge is -2.49. The first-order valence-corrected chi connectivity index (χ1v) is 9.26. The molecule has 0 bridgehead atoms. The summed E-state index contributed by atoms with van der Waals surface area (Å²) in [6.07, 6.45) is 2.67. The predicted octanol–water partition coefficient (Wildman–Crippen LogP) is 1.04. The molecule has 3 heterocycles. The van der Waals surface area contributed by atoms with Gasteiger partial charge in [-0.3, -0.25) is 4.98 Å². The molecular weight excluding hydrogens is 304 g/mol. The monoisotopic (exact) mass is 326 g/mol. The smallest absolute Gasteiger partial charge is 0.214 e. The zero-order valence-electron chi connectivity index (χ0n) is 12.8. The fourth-order valence-corrected chi connectivity index (χ4v) is 4.28. The Bertz CT molecular complexity index is 599. The van der Waals surface area contributed by atoms with E-state index in [0.29, 0.717) is 32.9 Å². The number of pyridine rings is 1. The Morgan fingerprint density at radius 3 is 2.95 bits per heavy atom. The second-order valence-corrected chi connectivity index (χ2v) is 8.16. The van der Waals surface area contributed by atoms with Gasteiger partial charge in [-0.25, -0.2) is 8.42 Å². The van der Waals surface area contributed by atoms with Crippen molar-refractivity contribution >= 4 is 10.0 Å². The van der Waals surface area contributed by atoms with Crippen LogP contribution in [0.5, 0.6) is 0 Å². The summed E-state index contributed by atoms with van der Waals surface area (Å²) in [5.74, 6) is 0.392. The Balaban J connectivity index is 1.52. The van der Waals surface area contributed by atoms with Gasteiger partial charge < -0.3 is 9.47 Å². The van der Waals surface area contributed by atoms with Gasteiger partial charge in [0.05, 0.1) is 24.7 Å². The van der Waals surface area contributed by atoms with Crippen molar-refractivity contribution in [3.05, 3.63) is 30.1 Å². The highest BCUT2D eigenvalue weighted by Crippen LogP contribution is 2.41. The van der Waals surface area contributed by atoms with E-state index in [1.165, 1.54) is 4.31 Å². The van der Waals surface area contributed by atoms with Crippen LogP contribution >= 0.6 is 0 Å². The van der Waals surface area contributed by atoms with Crippen molar-refractivity contribution in [2.75, 3.05) is 32.1 Å². The highest BCUT2D eigenvalue weighted by Gasteiger charge is 2.55. The molecule has 0 radical (unpaired) electrons. The van der Waals surface area contributed by atoms with Crippen molar-refractivity contribution in [2.45, 2.75) is 25.6 Å². The topological polar surface area (TPSA) is 68.7 Å². The summed E-state index contributed by atoms with van der Waals surface area (Å²) in [7, 11) is -3.11. The molecule has 22 heavy (non-hydrogen) atoms. The SMILES string of the molecule is CCS(=O)(=O)N1CC2(C1)OCC[C@H]2COCc1ccccn1. The van der Waals surface area contributed by atoms with Crippen LogP contribution in [0.1, 0.15) is 19.0 Å². The third-order valence-corrected chi connectivity index (χ3v) is 6.32. The van der Waals surface area contributed by atoms with Gasteiger partial charge in [0.25, 0.3) is 0 Å². The molecule has 6 nitrogen and oxygen atoms in total. The lowest BCUT2D eigenvalue weighted by Crippen LogP contribution is -2.66. The fourth-order valence-electron chi connectivity index (χ4n) is 3.09. The minimum Gasteiger partial charge on any atom is -0.375 e. The molecule has 122 valence electrons. The first kappa shape index (κ1) is 15.9. The number of hydrogen-bond donors (Lipinski definition) is 0. The fraction of sp³-hybridized carbons (Fsp3) is 0.667. The summed E-state index contributed by atoms with van der Waals surface area (Å²) >= 11 is 0. The molecule has 7 heteroatoms. The maximum atomic E-state index is 11.9. The molecule has 0 unspecified atom stereocenters. The maximum absolute atomic E-state index is 11.9. The van der Waals surface area contributed by atoms with Gasteiger partial charge in [-0.05, 0) is 25.5 Å². The van der Waals surface area contributed by atoms with Crippen molar-refractivity contribution < 1.29 is 17.9 Å². The second-order valence-electron chi connectivity index (χ2n) is 5.90. The van der Waals surface area contributed by atoms with Crippen LogP contribution in [-0.2, 0) is 26.1 Å². The summed E-state index contributed by atoms with van der Waals surface area (Å²) in [5, 5.41) is 0. The van der Waals surface area contributed by atoms with E-state index < -0.39 is 10.0 Å². The van der Waals surface area contributed by atoms with E-state index in [4.69, 9.17) is 9.47 Å². The normalized spacial score (nSPS) is 24.5. The molecule has 2 saturated heterocycles. The molecular formula is C15H22N2O4S. The number of ether oxygens (including phenoxy) is 2. The Labute approximate surface area is 131 Å². The molecule has 2 fully saturated rings. The third kappa shape index (κ3) is 3.03. The molecule has 2 aliphatic rings. The van der Waals surface area contributed by atoms with E-state index in [0.717, 1.165) is 12.1 Å². The standard InChI is InChI=1S/C15H22N2O4S/c1-2-22(18,19)17-11-15(12-17)13(6-8-21-15)9-20-10-14-5-3-4-7-16-14/h3-5,7,13H,2,6,8-12H2,1H3/t13-/m0/s1. The molecule has 0 aliphatic carbocycles. The molecule has 0 aromatic carbocycles. The van der Waals surface area contributed by atoms with Crippen molar-refractivity contribution in [1.29, 1.82) is 0 Å². The highest BCUT2D eigenvalue weighted by atomic mass is 32.2. The number of aromatic nitrogens is 1. The first-order valence-electron chi connectivity index (χ1n) is 7.65. The van der Waals surface area contributed by atoms with Crippen LogP contribution in [-0.4, -0.2) is 55.4 Å². The van der Waals surface area contributed by atoms with Crippen LogP contribution in [0.4, 0.5) is 0 Å². The Kier molecular flexibility index (Phi) is 4.49. The van der Waals surface area contributed by atoms with Crippen molar-refractivity contribution in [2.24, 2.45) is 5.92 Å². The van der Waals surface area contributed by atoms with Crippen LogP contribution in [0.2, 0.25) is 0 Å². The average Bonchev–Trinajstić information content (AvgIpc) is 2.91. The minimum absolute atomic E-state index is 0.143. The van der Waals surface area contributed by atoms with Gasteiger partial charge in [-0.15, -0.1) is 0 Å². The van der Waals surface area contributed by atoms with E-state index in [9.17, 15) is 8.42 Å². The van der Waals surface area contributed by atoms with Crippen LogP contribution in [0.3, 0.4) is 0 Å². The van der Waals surface area contributed by atoms with Crippen LogP contribution < -0.4 is 0 Å². The molecule has 0 amide bonds. The van der Waals surface area contributed by atoms with Gasteiger partial charge >= 0.3 is 0 Å². The molecule has 1 atom stereocenters. The zero-order valence-corrected chi connectivity index (χ0v) is 13.6. The lowest BCUT2D eigenvalue weighted by atomic mass is 9.83. The zero-order chi connectivity index (χ0) is 15.6. The number of nitrogens with zero attached hydrogens (tertiary/aromatic N) is 2.